The Bertz CT molecular complexity index is 179. The van der Waals surface area contributed by atoms with Gasteiger partial charge < -0.3 is 0 Å². The molecule has 0 radical (unpaired) electrons. The lowest BCUT2D eigenvalue weighted by Gasteiger charge is -2.00. The van der Waals surface area contributed by atoms with Crippen molar-refractivity contribution in [3.05, 3.63) is 0 Å². The van der Waals surface area contributed by atoms with Crippen LogP contribution in [0.5, 0.6) is 0 Å². The first-order valence-corrected chi connectivity index (χ1v) is 2.62. The highest BCUT2D eigenvalue weighted by Crippen LogP contribution is 2.25. The van der Waals surface area contributed by atoms with Gasteiger partial charge in [-0.15, -0.1) is 0 Å². The van der Waals surface area contributed by atoms with Crippen molar-refractivity contribution in [3.63, 3.8) is 0 Å². The topological polar surface area (TPSA) is 46.2 Å². The zero-order chi connectivity index (χ0) is 7.07. The van der Waals surface area contributed by atoms with Gasteiger partial charge in [-0.1, -0.05) is 11.6 Å². The fraction of sp³-hybridized carbons (Fsp3) is 0.500. The number of nitrogens with one attached hydrogen (secondary N) is 1. The summed E-state index contributed by atoms with van der Waals surface area (Å²) in [6.45, 7) is 0. The third-order valence-electron chi connectivity index (χ3n) is 0.968. The molecule has 1 aliphatic heterocycles. The Hall–Kier alpha value is -0.640. The van der Waals surface area contributed by atoms with E-state index in [1.807, 2.05) is 0 Å². The third kappa shape index (κ3) is 1.03. The van der Waals surface area contributed by atoms with E-state index in [2.05, 4.69) is 0 Å². The number of hydrogen-bond donors (Lipinski definition) is 1. The summed E-state index contributed by atoms with van der Waals surface area (Å²) in [6, 6.07) is 0. The van der Waals surface area contributed by atoms with Gasteiger partial charge in [-0.2, -0.15) is 0 Å². The summed E-state index contributed by atoms with van der Waals surface area (Å²) >= 11 is 4.91. The summed E-state index contributed by atoms with van der Waals surface area (Å²) in [5, 5.41) is -0.781. The summed E-state index contributed by atoms with van der Waals surface area (Å²) in [4.78, 5) is 20.5. The van der Waals surface area contributed by atoms with Gasteiger partial charge >= 0.3 is 0 Å². The maximum atomic E-state index is 12.4. The molecular weight excluding hydrogens is 148 g/mol. The molecule has 1 N–H and O–H groups in total. The van der Waals surface area contributed by atoms with Crippen molar-refractivity contribution < 1.29 is 14.0 Å². The van der Waals surface area contributed by atoms with Crippen molar-refractivity contribution >= 4 is 23.4 Å². The van der Waals surface area contributed by atoms with Gasteiger partial charge in [0.2, 0.25) is 5.91 Å². The van der Waals surface area contributed by atoms with Crippen molar-refractivity contribution in [2.24, 2.45) is 0 Å². The lowest BCUT2D eigenvalue weighted by molar-refractivity contribution is -0.127. The number of hydrogen-bond acceptors (Lipinski definition) is 2. The monoisotopic (exact) mass is 151 g/mol. The Morgan fingerprint density at radius 2 is 2.22 bits per heavy atom. The standard InChI is InChI=1S/C4H3ClFNO2/c5-4(6)1-2(8)7-3(4)9/h1H2,(H,7,8,9). The number of alkyl halides is 2. The van der Waals surface area contributed by atoms with E-state index in [9.17, 15) is 14.0 Å². The van der Waals surface area contributed by atoms with Crippen LogP contribution in [0.2, 0.25) is 0 Å². The molecule has 3 nitrogen and oxygen atoms in total. The Morgan fingerprint density at radius 1 is 1.67 bits per heavy atom. The van der Waals surface area contributed by atoms with Crippen molar-refractivity contribution in [2.75, 3.05) is 0 Å². The molecule has 0 aromatic rings. The van der Waals surface area contributed by atoms with Crippen LogP contribution in [0.3, 0.4) is 0 Å². The van der Waals surface area contributed by atoms with E-state index in [0.29, 0.717) is 0 Å². The second-order valence-corrected chi connectivity index (χ2v) is 2.36. The summed E-state index contributed by atoms with van der Waals surface area (Å²) in [5.74, 6) is -1.73. The van der Waals surface area contributed by atoms with Crippen LogP contribution in [0.25, 0.3) is 0 Å². The van der Waals surface area contributed by atoms with Gasteiger partial charge in [-0.25, -0.2) is 4.39 Å². The highest BCUT2D eigenvalue weighted by Gasteiger charge is 2.45. The van der Waals surface area contributed by atoms with Crippen LogP contribution in [0.4, 0.5) is 4.39 Å². The van der Waals surface area contributed by atoms with Crippen LogP contribution in [0.1, 0.15) is 6.42 Å². The lowest BCUT2D eigenvalue weighted by Crippen LogP contribution is -2.28. The number of amides is 2. The van der Waals surface area contributed by atoms with Gasteiger partial charge in [0.1, 0.15) is 0 Å². The normalized spacial score (nSPS) is 34.9. The molecule has 0 aromatic carbocycles. The zero-order valence-electron chi connectivity index (χ0n) is 4.28. The average Bonchev–Trinajstić information content (AvgIpc) is 1.79. The maximum absolute atomic E-state index is 12.4. The SMILES string of the molecule is O=C1CC(F)(Cl)C(=O)N1. The van der Waals surface area contributed by atoms with E-state index in [0.717, 1.165) is 0 Å². The van der Waals surface area contributed by atoms with Crippen molar-refractivity contribution in [3.8, 4) is 0 Å². The lowest BCUT2D eigenvalue weighted by atomic mass is 10.3. The minimum absolute atomic E-state index is 0.576. The molecule has 1 unspecified atom stereocenters. The quantitative estimate of drug-likeness (QED) is 0.389. The molecule has 0 bridgehead atoms. The molecular formula is C4H3ClFNO2. The Kier molecular flexibility index (Phi) is 1.20. The van der Waals surface area contributed by atoms with Crippen LogP contribution in [0, 0.1) is 0 Å². The summed E-state index contributed by atoms with van der Waals surface area (Å²) in [6.07, 6.45) is -0.576. The molecule has 0 aliphatic carbocycles. The van der Waals surface area contributed by atoms with Crippen molar-refractivity contribution in [1.82, 2.24) is 5.32 Å². The number of carbonyl (C=O) groups is 2. The predicted molar refractivity (Wildman–Crippen MR) is 27.5 cm³/mol. The third-order valence-corrected chi connectivity index (χ3v) is 1.27. The largest absolute Gasteiger partial charge is 0.292 e. The Morgan fingerprint density at radius 3 is 2.33 bits per heavy atom. The van der Waals surface area contributed by atoms with Gasteiger partial charge in [-0.3, -0.25) is 14.9 Å². The molecule has 0 saturated carbocycles. The Labute approximate surface area is 55.2 Å². The molecule has 1 saturated heterocycles. The number of imide groups is 1. The highest BCUT2D eigenvalue weighted by molar-refractivity contribution is 6.38. The summed E-state index contributed by atoms with van der Waals surface area (Å²) < 4.78 is 12.4. The molecule has 2 amide bonds. The van der Waals surface area contributed by atoms with Crippen LogP contribution < -0.4 is 5.32 Å². The van der Waals surface area contributed by atoms with E-state index in [1.54, 1.807) is 5.32 Å². The molecule has 1 heterocycles. The fourth-order valence-electron chi connectivity index (χ4n) is 0.544. The van der Waals surface area contributed by atoms with E-state index >= 15 is 0 Å². The molecule has 9 heavy (non-hydrogen) atoms. The van der Waals surface area contributed by atoms with Gasteiger partial charge in [0.15, 0.2) is 0 Å². The van der Waals surface area contributed by atoms with Gasteiger partial charge in [0, 0.05) is 0 Å². The molecule has 50 valence electrons. The molecule has 0 aromatic heterocycles. The van der Waals surface area contributed by atoms with E-state index < -0.39 is 23.4 Å². The molecule has 1 fully saturated rings. The predicted octanol–water partition coefficient (Wildman–Crippen LogP) is -0.0625. The number of rotatable bonds is 0. The van der Waals surface area contributed by atoms with Gasteiger partial charge in [0.25, 0.3) is 11.0 Å². The van der Waals surface area contributed by atoms with E-state index in [4.69, 9.17) is 11.6 Å². The number of halogens is 2. The van der Waals surface area contributed by atoms with Crippen LogP contribution >= 0.6 is 11.6 Å². The fourth-order valence-corrected chi connectivity index (χ4v) is 0.713. The minimum atomic E-state index is -2.50. The maximum Gasteiger partial charge on any atom is 0.280 e. The smallest absolute Gasteiger partial charge is 0.280 e. The van der Waals surface area contributed by atoms with Crippen LogP contribution in [-0.4, -0.2) is 16.9 Å². The van der Waals surface area contributed by atoms with Gasteiger partial charge in [-0.05, 0) is 0 Å². The number of carbonyl (C=O) groups excluding carboxylic acids is 2. The highest BCUT2D eigenvalue weighted by atomic mass is 35.5. The molecule has 0 spiro atoms. The molecule has 1 rings (SSSR count). The Balaban J connectivity index is 2.81. The first-order valence-electron chi connectivity index (χ1n) is 2.24. The average molecular weight is 152 g/mol. The summed E-state index contributed by atoms with van der Waals surface area (Å²) in [7, 11) is 0. The first-order chi connectivity index (χ1) is 4.02. The first kappa shape index (κ1) is 6.48. The molecule has 1 atom stereocenters. The van der Waals surface area contributed by atoms with Crippen molar-refractivity contribution in [1.29, 1.82) is 0 Å². The zero-order valence-corrected chi connectivity index (χ0v) is 5.04. The van der Waals surface area contributed by atoms with Gasteiger partial charge in [0.05, 0.1) is 6.42 Å². The second-order valence-electron chi connectivity index (χ2n) is 1.76. The molecule has 1 aliphatic rings. The van der Waals surface area contributed by atoms with E-state index in [1.165, 1.54) is 0 Å². The van der Waals surface area contributed by atoms with Crippen LogP contribution in [-0.2, 0) is 9.59 Å². The van der Waals surface area contributed by atoms with Crippen molar-refractivity contribution in [2.45, 2.75) is 11.5 Å². The second kappa shape index (κ2) is 1.67. The van der Waals surface area contributed by atoms with E-state index in [-0.39, 0.29) is 0 Å². The van der Waals surface area contributed by atoms with Crippen LogP contribution in [0.15, 0.2) is 0 Å². The molecule has 5 heteroatoms. The minimum Gasteiger partial charge on any atom is -0.292 e. The summed E-state index contributed by atoms with van der Waals surface area (Å²) in [5.41, 5.74) is 0.